The molecule has 0 radical (unpaired) electrons. The van der Waals surface area contributed by atoms with Crippen molar-refractivity contribution in [2.45, 2.75) is 59.0 Å². The molecule has 0 saturated heterocycles. The fourth-order valence-electron chi connectivity index (χ4n) is 3.53. The van der Waals surface area contributed by atoms with Crippen LogP contribution in [0.3, 0.4) is 0 Å². The molecule has 1 aliphatic rings. The minimum Gasteiger partial charge on any atom is -0.461 e. The molecule has 1 N–H and O–H groups in total. The molecular formula is C21H31N5O4. The molecule has 30 heavy (non-hydrogen) atoms. The summed E-state index contributed by atoms with van der Waals surface area (Å²) in [6.45, 7) is 7.47. The van der Waals surface area contributed by atoms with E-state index in [4.69, 9.17) is 9.47 Å². The lowest BCUT2D eigenvalue weighted by atomic mass is 10.0. The Labute approximate surface area is 176 Å². The molecule has 3 rings (SSSR count). The van der Waals surface area contributed by atoms with Gasteiger partial charge in [0.25, 0.3) is 5.91 Å². The number of carbonyl (C=O) groups excluding carboxylic acids is 2. The molecule has 0 atom stereocenters. The number of hydrogen-bond donors (Lipinski definition) is 1. The van der Waals surface area contributed by atoms with Crippen molar-refractivity contribution in [3.8, 4) is 0 Å². The molecule has 0 fully saturated rings. The standard InChI is InChI=1S/C21H31N5O4/c1-3-25-12-10-18(23-25)21(28)30-15-6-9-17-16-8-5-13-29-14-7-11-22-20(27)19(16)26(4-2)24-17/h10,12H,3-9,11,13-15H2,1-2H3,(H,22,27). The van der Waals surface area contributed by atoms with Crippen LogP contribution in [0.2, 0.25) is 0 Å². The maximum Gasteiger partial charge on any atom is 0.358 e. The molecule has 0 spiro atoms. The van der Waals surface area contributed by atoms with Gasteiger partial charge in [-0.25, -0.2) is 4.79 Å². The van der Waals surface area contributed by atoms with Gasteiger partial charge in [-0.05, 0) is 52.0 Å². The first-order valence-electron chi connectivity index (χ1n) is 10.8. The number of nitrogens with one attached hydrogen (secondary N) is 1. The van der Waals surface area contributed by atoms with E-state index >= 15 is 0 Å². The van der Waals surface area contributed by atoms with Crippen LogP contribution in [0.25, 0.3) is 0 Å². The third-order valence-electron chi connectivity index (χ3n) is 5.08. The predicted octanol–water partition coefficient (Wildman–Crippen LogP) is 1.99. The van der Waals surface area contributed by atoms with Gasteiger partial charge < -0.3 is 14.8 Å². The van der Waals surface area contributed by atoms with E-state index in [-0.39, 0.29) is 12.5 Å². The van der Waals surface area contributed by atoms with E-state index in [1.807, 2.05) is 13.8 Å². The van der Waals surface area contributed by atoms with Gasteiger partial charge in [0.05, 0.1) is 12.3 Å². The SMILES string of the molecule is CCn1ccc(C(=O)OCCCc2nn(CC)c3c2CCCOCCCNC3=O)n1. The molecule has 2 aromatic heterocycles. The number of ether oxygens (including phenoxy) is 2. The lowest BCUT2D eigenvalue weighted by Gasteiger charge is -2.08. The van der Waals surface area contributed by atoms with E-state index in [1.165, 1.54) is 0 Å². The zero-order valence-electron chi connectivity index (χ0n) is 17.9. The zero-order valence-corrected chi connectivity index (χ0v) is 17.9. The summed E-state index contributed by atoms with van der Waals surface area (Å²) >= 11 is 0. The molecule has 0 unspecified atom stereocenters. The third kappa shape index (κ3) is 5.47. The first-order valence-corrected chi connectivity index (χ1v) is 10.8. The minimum absolute atomic E-state index is 0.0783. The summed E-state index contributed by atoms with van der Waals surface area (Å²) in [4.78, 5) is 24.9. The average molecular weight is 418 g/mol. The van der Waals surface area contributed by atoms with E-state index in [1.54, 1.807) is 21.6 Å². The lowest BCUT2D eigenvalue weighted by molar-refractivity contribution is 0.0492. The first-order chi connectivity index (χ1) is 14.6. The fraction of sp³-hybridized carbons (Fsp3) is 0.619. The van der Waals surface area contributed by atoms with Gasteiger partial charge in [0.15, 0.2) is 5.69 Å². The fourth-order valence-corrected chi connectivity index (χ4v) is 3.53. The van der Waals surface area contributed by atoms with Gasteiger partial charge >= 0.3 is 5.97 Å². The van der Waals surface area contributed by atoms with Gasteiger partial charge in [-0.15, -0.1) is 0 Å². The van der Waals surface area contributed by atoms with Crippen molar-refractivity contribution in [2.75, 3.05) is 26.4 Å². The number of hydrogen-bond acceptors (Lipinski definition) is 6. The summed E-state index contributed by atoms with van der Waals surface area (Å²) in [5.41, 5.74) is 2.84. The first kappa shape index (κ1) is 22.0. The number of rotatable bonds is 7. The highest BCUT2D eigenvalue weighted by Crippen LogP contribution is 2.19. The summed E-state index contributed by atoms with van der Waals surface area (Å²) in [6, 6.07) is 1.66. The smallest absolute Gasteiger partial charge is 0.358 e. The Kier molecular flexibility index (Phi) is 8.01. The molecule has 0 aliphatic carbocycles. The molecule has 0 bridgehead atoms. The Morgan fingerprint density at radius 3 is 2.83 bits per heavy atom. The molecule has 1 aliphatic heterocycles. The van der Waals surface area contributed by atoms with Crippen molar-refractivity contribution in [1.82, 2.24) is 24.9 Å². The van der Waals surface area contributed by atoms with Crippen LogP contribution in [0.4, 0.5) is 0 Å². The van der Waals surface area contributed by atoms with Crippen LogP contribution < -0.4 is 5.32 Å². The summed E-state index contributed by atoms with van der Waals surface area (Å²) in [7, 11) is 0. The molecule has 9 nitrogen and oxygen atoms in total. The van der Waals surface area contributed by atoms with E-state index in [0.29, 0.717) is 57.1 Å². The van der Waals surface area contributed by atoms with Crippen molar-refractivity contribution in [2.24, 2.45) is 0 Å². The number of esters is 1. The number of carbonyl (C=O) groups is 2. The second-order valence-corrected chi connectivity index (χ2v) is 7.21. The van der Waals surface area contributed by atoms with Gasteiger partial charge in [-0.2, -0.15) is 10.2 Å². The highest BCUT2D eigenvalue weighted by molar-refractivity contribution is 5.94. The number of aryl methyl sites for hydroxylation is 3. The van der Waals surface area contributed by atoms with Gasteiger partial charge in [-0.1, -0.05) is 0 Å². The second-order valence-electron chi connectivity index (χ2n) is 7.21. The molecule has 0 saturated carbocycles. The average Bonchev–Trinajstić information content (AvgIpc) is 3.36. The van der Waals surface area contributed by atoms with Crippen molar-refractivity contribution in [3.05, 3.63) is 34.9 Å². The highest BCUT2D eigenvalue weighted by Gasteiger charge is 2.23. The second kappa shape index (κ2) is 10.9. The van der Waals surface area contributed by atoms with Crippen LogP contribution in [-0.2, 0) is 35.4 Å². The molecule has 9 heteroatoms. The maximum absolute atomic E-state index is 12.7. The Hall–Kier alpha value is -2.68. The topological polar surface area (TPSA) is 100 Å². The summed E-state index contributed by atoms with van der Waals surface area (Å²) in [5, 5.41) is 11.8. The van der Waals surface area contributed by atoms with Crippen molar-refractivity contribution in [1.29, 1.82) is 0 Å². The largest absolute Gasteiger partial charge is 0.461 e. The van der Waals surface area contributed by atoms with Crippen molar-refractivity contribution in [3.63, 3.8) is 0 Å². The maximum atomic E-state index is 12.7. The van der Waals surface area contributed by atoms with Crippen molar-refractivity contribution >= 4 is 11.9 Å². The molecular weight excluding hydrogens is 386 g/mol. The molecule has 3 heterocycles. The Bertz CT molecular complexity index is 858. The van der Waals surface area contributed by atoms with E-state index in [2.05, 4.69) is 15.5 Å². The number of nitrogens with zero attached hydrogens (tertiary/aromatic N) is 4. The van der Waals surface area contributed by atoms with E-state index in [9.17, 15) is 9.59 Å². The van der Waals surface area contributed by atoms with Crippen LogP contribution in [-0.4, -0.2) is 57.8 Å². The molecule has 2 aromatic rings. The molecule has 164 valence electrons. The van der Waals surface area contributed by atoms with Gasteiger partial charge in [-0.3, -0.25) is 14.2 Å². The van der Waals surface area contributed by atoms with Gasteiger partial charge in [0.2, 0.25) is 0 Å². The van der Waals surface area contributed by atoms with Gasteiger partial charge in [0.1, 0.15) is 5.69 Å². The number of aromatic nitrogens is 4. The highest BCUT2D eigenvalue weighted by atomic mass is 16.5. The Balaban J connectivity index is 1.63. The lowest BCUT2D eigenvalue weighted by Crippen LogP contribution is -2.28. The summed E-state index contributed by atoms with van der Waals surface area (Å²) < 4.78 is 14.4. The molecule has 1 amide bonds. The quantitative estimate of drug-likeness (QED) is 0.546. The van der Waals surface area contributed by atoms with Crippen LogP contribution >= 0.6 is 0 Å². The Morgan fingerprint density at radius 2 is 2.07 bits per heavy atom. The zero-order chi connectivity index (χ0) is 21.3. The number of amides is 1. The van der Waals surface area contributed by atoms with Crippen LogP contribution in [0.1, 0.15) is 65.3 Å². The normalized spacial score (nSPS) is 15.2. The third-order valence-corrected chi connectivity index (χ3v) is 5.08. The van der Waals surface area contributed by atoms with Gasteiger partial charge in [0, 0.05) is 44.6 Å². The van der Waals surface area contributed by atoms with Crippen LogP contribution in [0.5, 0.6) is 0 Å². The van der Waals surface area contributed by atoms with Crippen LogP contribution in [0, 0.1) is 0 Å². The monoisotopic (exact) mass is 417 g/mol. The summed E-state index contributed by atoms with van der Waals surface area (Å²) in [5.74, 6) is -0.498. The predicted molar refractivity (Wildman–Crippen MR) is 110 cm³/mol. The van der Waals surface area contributed by atoms with Crippen LogP contribution in [0.15, 0.2) is 12.3 Å². The van der Waals surface area contributed by atoms with Crippen molar-refractivity contribution < 1.29 is 19.1 Å². The Morgan fingerprint density at radius 1 is 1.23 bits per heavy atom. The van der Waals surface area contributed by atoms with E-state index in [0.717, 1.165) is 30.5 Å². The summed E-state index contributed by atoms with van der Waals surface area (Å²) in [6.07, 6.45) is 5.42. The number of fused-ring (bicyclic) bond motifs is 1. The molecule has 0 aromatic carbocycles. The van der Waals surface area contributed by atoms with E-state index < -0.39 is 5.97 Å². The minimum atomic E-state index is -0.419.